The molecule has 0 aliphatic rings. The van der Waals surface area contributed by atoms with Crippen molar-refractivity contribution in [2.24, 2.45) is 0 Å². The summed E-state index contributed by atoms with van der Waals surface area (Å²) in [5.41, 5.74) is 4.92. The highest BCUT2D eigenvalue weighted by Crippen LogP contribution is 2.30. The van der Waals surface area contributed by atoms with Gasteiger partial charge in [0.05, 0.1) is 16.3 Å². The second-order valence-electron chi connectivity index (χ2n) is 7.92. The first kappa shape index (κ1) is 23.1. The number of nitro benzene ring substituents is 1. The van der Waals surface area contributed by atoms with Crippen molar-refractivity contribution in [1.29, 1.82) is 0 Å². The number of carbonyl (C=O) groups excluding carboxylic acids is 1. The van der Waals surface area contributed by atoms with Gasteiger partial charge in [0.15, 0.2) is 0 Å². The van der Waals surface area contributed by atoms with Crippen LogP contribution >= 0.6 is 0 Å². The van der Waals surface area contributed by atoms with Gasteiger partial charge in [0.2, 0.25) is 5.91 Å². The normalized spacial score (nSPS) is 11.0. The van der Waals surface area contributed by atoms with Crippen LogP contribution in [-0.4, -0.2) is 40.5 Å². The van der Waals surface area contributed by atoms with Crippen molar-refractivity contribution in [3.8, 4) is 22.4 Å². The molecule has 0 atom stereocenters. The molecule has 4 aromatic rings. The van der Waals surface area contributed by atoms with Crippen LogP contribution < -0.4 is 5.32 Å². The van der Waals surface area contributed by atoms with Crippen LogP contribution in [0.2, 0.25) is 0 Å². The van der Waals surface area contributed by atoms with E-state index in [0.717, 1.165) is 28.9 Å². The maximum absolute atomic E-state index is 12.4. The Morgan fingerprint density at radius 1 is 1.06 bits per heavy atom. The predicted molar refractivity (Wildman–Crippen MR) is 131 cm³/mol. The van der Waals surface area contributed by atoms with Crippen molar-refractivity contribution >= 4 is 17.2 Å². The van der Waals surface area contributed by atoms with Crippen LogP contribution in [0.15, 0.2) is 72.9 Å². The van der Waals surface area contributed by atoms with E-state index in [9.17, 15) is 14.9 Å². The lowest BCUT2D eigenvalue weighted by atomic mass is 10.1. The summed E-state index contributed by atoms with van der Waals surface area (Å²) in [4.78, 5) is 28.1. The molecule has 174 valence electrons. The Morgan fingerprint density at radius 2 is 1.85 bits per heavy atom. The molecule has 0 radical (unpaired) electrons. The summed E-state index contributed by atoms with van der Waals surface area (Å²) >= 11 is 0. The van der Waals surface area contributed by atoms with Gasteiger partial charge >= 0.3 is 0 Å². The van der Waals surface area contributed by atoms with E-state index in [-0.39, 0.29) is 18.0 Å². The van der Waals surface area contributed by atoms with Gasteiger partial charge in [0.1, 0.15) is 5.65 Å². The molecule has 2 heterocycles. The van der Waals surface area contributed by atoms with Gasteiger partial charge < -0.3 is 14.5 Å². The third-order valence-electron chi connectivity index (χ3n) is 5.59. The fourth-order valence-corrected chi connectivity index (χ4v) is 3.90. The summed E-state index contributed by atoms with van der Waals surface area (Å²) < 4.78 is 7.00. The lowest BCUT2D eigenvalue weighted by molar-refractivity contribution is -0.384. The predicted octanol–water partition coefficient (Wildman–Crippen LogP) is 4.66. The number of imidazole rings is 1. The number of fused-ring (bicyclic) bond motifs is 1. The largest absolute Gasteiger partial charge is 0.385 e. The highest BCUT2D eigenvalue weighted by Gasteiger charge is 2.18. The number of ether oxygens (including phenoxy) is 1. The minimum absolute atomic E-state index is 0.00127. The SMILES string of the molecule is COCCCNC(=O)CCc1c(-c2cccc([N+](=O)[O-])c2)nc2ccc(-c3ccccc3)cn12. The van der Waals surface area contributed by atoms with Crippen LogP contribution in [-0.2, 0) is 16.0 Å². The van der Waals surface area contributed by atoms with Crippen molar-refractivity contribution in [2.75, 3.05) is 20.3 Å². The fraction of sp³-hybridized carbons (Fsp3) is 0.231. The second kappa shape index (κ2) is 10.7. The fourth-order valence-electron chi connectivity index (χ4n) is 3.90. The van der Waals surface area contributed by atoms with Gasteiger partial charge in [-0.1, -0.05) is 42.5 Å². The van der Waals surface area contributed by atoms with E-state index in [4.69, 9.17) is 9.72 Å². The molecule has 1 amide bonds. The van der Waals surface area contributed by atoms with Gasteiger partial charge in [-0.05, 0) is 36.1 Å². The third-order valence-corrected chi connectivity index (χ3v) is 5.59. The molecule has 8 nitrogen and oxygen atoms in total. The van der Waals surface area contributed by atoms with Crippen molar-refractivity contribution < 1.29 is 14.5 Å². The summed E-state index contributed by atoms with van der Waals surface area (Å²) in [7, 11) is 1.63. The summed E-state index contributed by atoms with van der Waals surface area (Å²) in [6.45, 7) is 1.14. The number of carbonyl (C=O) groups is 1. The number of non-ortho nitro benzene ring substituents is 1. The van der Waals surface area contributed by atoms with Gasteiger partial charge in [-0.3, -0.25) is 14.9 Å². The van der Waals surface area contributed by atoms with E-state index in [0.29, 0.717) is 30.8 Å². The van der Waals surface area contributed by atoms with Gasteiger partial charge in [0, 0.05) is 50.6 Å². The molecule has 0 unspecified atom stereocenters. The molecule has 4 rings (SSSR count). The molecular weight excluding hydrogens is 432 g/mol. The first-order valence-electron chi connectivity index (χ1n) is 11.1. The van der Waals surface area contributed by atoms with Crippen molar-refractivity contribution in [3.05, 3.63) is 88.7 Å². The highest BCUT2D eigenvalue weighted by atomic mass is 16.6. The van der Waals surface area contributed by atoms with Gasteiger partial charge in [-0.15, -0.1) is 0 Å². The molecule has 2 aromatic carbocycles. The number of nitrogens with zero attached hydrogens (tertiary/aromatic N) is 3. The number of pyridine rings is 1. The number of amides is 1. The molecule has 0 spiro atoms. The lowest BCUT2D eigenvalue weighted by Gasteiger charge is -2.09. The van der Waals surface area contributed by atoms with Crippen LogP contribution in [0.25, 0.3) is 28.0 Å². The summed E-state index contributed by atoms with van der Waals surface area (Å²) in [6.07, 6.45) is 3.47. The highest BCUT2D eigenvalue weighted by molar-refractivity contribution is 5.77. The number of hydrogen-bond acceptors (Lipinski definition) is 5. The molecule has 34 heavy (non-hydrogen) atoms. The number of rotatable bonds is 10. The monoisotopic (exact) mass is 458 g/mol. The van der Waals surface area contributed by atoms with Crippen molar-refractivity contribution in [1.82, 2.24) is 14.7 Å². The van der Waals surface area contributed by atoms with Crippen molar-refractivity contribution in [3.63, 3.8) is 0 Å². The summed E-state index contributed by atoms with van der Waals surface area (Å²) in [5.74, 6) is -0.0599. The first-order chi connectivity index (χ1) is 16.6. The number of nitro groups is 1. The van der Waals surface area contributed by atoms with Crippen LogP contribution in [0, 0.1) is 10.1 Å². The molecule has 0 bridgehead atoms. The maximum Gasteiger partial charge on any atom is 0.270 e. The quantitative estimate of drug-likeness (QED) is 0.212. The number of aryl methyl sites for hydroxylation is 1. The number of nitrogens with one attached hydrogen (secondary N) is 1. The van der Waals surface area contributed by atoms with E-state index in [1.54, 1.807) is 19.2 Å². The zero-order valence-electron chi connectivity index (χ0n) is 18.9. The second-order valence-corrected chi connectivity index (χ2v) is 7.92. The molecule has 0 aliphatic carbocycles. The minimum atomic E-state index is -0.417. The maximum atomic E-state index is 12.4. The minimum Gasteiger partial charge on any atom is -0.385 e. The molecule has 0 aliphatic heterocycles. The Labute approximate surface area is 197 Å². The first-order valence-corrected chi connectivity index (χ1v) is 11.1. The average Bonchev–Trinajstić information content (AvgIpc) is 3.23. The molecule has 0 fully saturated rings. The van der Waals surface area contributed by atoms with E-state index in [1.165, 1.54) is 12.1 Å². The standard InChI is InChI=1S/C26H26N4O4/c1-34-16-6-15-27-25(31)14-12-23-26(20-9-5-10-22(17-20)30(32)33)28-24-13-11-21(18-29(23)24)19-7-3-2-4-8-19/h2-5,7-11,13,17-18H,6,12,14-16H2,1H3,(H,27,31). The smallest absolute Gasteiger partial charge is 0.270 e. The Kier molecular flexibility index (Phi) is 7.29. The third kappa shape index (κ3) is 5.29. The van der Waals surface area contributed by atoms with Crippen LogP contribution in [0.1, 0.15) is 18.5 Å². The Balaban J connectivity index is 1.71. The summed E-state index contributed by atoms with van der Waals surface area (Å²) in [5, 5.41) is 14.2. The Hall–Kier alpha value is -4.04. The molecule has 1 N–H and O–H groups in total. The van der Waals surface area contributed by atoms with Crippen LogP contribution in [0.5, 0.6) is 0 Å². The number of hydrogen-bond donors (Lipinski definition) is 1. The number of aromatic nitrogens is 2. The van der Waals surface area contributed by atoms with Gasteiger partial charge in [-0.25, -0.2) is 4.98 Å². The topological polar surface area (TPSA) is 98.8 Å². The summed E-state index contributed by atoms with van der Waals surface area (Å²) in [6, 6.07) is 20.4. The number of benzene rings is 2. The zero-order valence-corrected chi connectivity index (χ0v) is 18.9. The van der Waals surface area contributed by atoms with E-state index < -0.39 is 4.92 Å². The molecular formula is C26H26N4O4. The molecule has 0 saturated heterocycles. The number of methoxy groups -OCH3 is 1. The van der Waals surface area contributed by atoms with Gasteiger partial charge in [0.25, 0.3) is 5.69 Å². The average molecular weight is 459 g/mol. The van der Waals surface area contributed by atoms with E-state index >= 15 is 0 Å². The van der Waals surface area contributed by atoms with E-state index in [2.05, 4.69) is 5.32 Å². The molecule has 0 saturated carbocycles. The van der Waals surface area contributed by atoms with Crippen molar-refractivity contribution in [2.45, 2.75) is 19.3 Å². The zero-order chi connectivity index (χ0) is 23.9. The molecule has 2 aromatic heterocycles. The Morgan fingerprint density at radius 3 is 2.62 bits per heavy atom. The van der Waals surface area contributed by atoms with Gasteiger partial charge in [-0.2, -0.15) is 0 Å². The molecule has 8 heteroatoms. The van der Waals surface area contributed by atoms with Crippen LogP contribution in [0.3, 0.4) is 0 Å². The van der Waals surface area contributed by atoms with E-state index in [1.807, 2.05) is 53.1 Å². The lowest BCUT2D eigenvalue weighted by Crippen LogP contribution is -2.25. The Bertz CT molecular complexity index is 1300. The van der Waals surface area contributed by atoms with Crippen LogP contribution in [0.4, 0.5) is 5.69 Å².